The quantitative estimate of drug-likeness (QED) is 0.309. The molecule has 0 amide bonds. The van der Waals surface area contributed by atoms with Gasteiger partial charge in [0.05, 0.1) is 6.61 Å². The van der Waals surface area contributed by atoms with Crippen molar-refractivity contribution in [1.29, 1.82) is 0 Å². The SMILES string of the molecule is CC(C)(C)[Si](C)(C)OC[C@H](O[Si](C)(C)C(C)(C)C)[C@H]1OC(=O)[C@@H](O[Si](C)(C)C(C)(C)C)[C@H]1O. The molecule has 0 bridgehead atoms. The largest absolute Gasteiger partial charge is 0.455 e. The minimum atomic E-state index is -2.29. The maximum absolute atomic E-state index is 12.9. The van der Waals surface area contributed by atoms with Gasteiger partial charge < -0.3 is 23.1 Å². The van der Waals surface area contributed by atoms with Crippen LogP contribution in [0.1, 0.15) is 62.3 Å². The molecule has 0 aliphatic carbocycles. The van der Waals surface area contributed by atoms with Crippen molar-refractivity contribution < 1.29 is 27.9 Å². The summed E-state index contributed by atoms with van der Waals surface area (Å²) in [6.07, 6.45) is -3.45. The van der Waals surface area contributed by atoms with Gasteiger partial charge in [0.15, 0.2) is 37.2 Å². The Morgan fingerprint density at radius 1 is 0.818 bits per heavy atom. The first-order chi connectivity index (χ1) is 14.3. The van der Waals surface area contributed by atoms with Gasteiger partial charge in [-0.05, 0) is 54.4 Å². The number of aliphatic hydroxyl groups is 1. The fraction of sp³-hybridized carbons (Fsp3) is 0.958. The highest BCUT2D eigenvalue weighted by atomic mass is 28.4. The van der Waals surface area contributed by atoms with E-state index in [0.29, 0.717) is 0 Å². The maximum Gasteiger partial charge on any atom is 0.337 e. The molecule has 1 N–H and O–H groups in total. The highest BCUT2D eigenvalue weighted by Gasteiger charge is 2.54. The van der Waals surface area contributed by atoms with Crippen LogP contribution in [-0.4, -0.2) is 67.1 Å². The molecule has 1 heterocycles. The highest BCUT2D eigenvalue weighted by molar-refractivity contribution is 6.75. The molecule has 196 valence electrons. The number of rotatable bonds is 8. The van der Waals surface area contributed by atoms with Crippen molar-refractivity contribution in [2.45, 2.75) is 141 Å². The molecule has 6 nitrogen and oxygen atoms in total. The molecule has 1 rings (SSSR count). The van der Waals surface area contributed by atoms with E-state index in [9.17, 15) is 9.90 Å². The maximum atomic E-state index is 12.9. The van der Waals surface area contributed by atoms with Crippen molar-refractivity contribution >= 4 is 30.9 Å². The topological polar surface area (TPSA) is 74.2 Å². The Bertz CT molecular complexity index is 686. The second-order valence-electron chi connectivity index (χ2n) is 14.2. The number of ether oxygens (including phenoxy) is 1. The molecule has 0 aromatic carbocycles. The number of carbonyl (C=O) groups excluding carboxylic acids is 1. The van der Waals surface area contributed by atoms with E-state index in [1.165, 1.54) is 0 Å². The first-order valence-corrected chi connectivity index (χ1v) is 20.9. The molecule has 9 heteroatoms. The highest BCUT2D eigenvalue weighted by Crippen LogP contribution is 2.42. The summed E-state index contributed by atoms with van der Waals surface area (Å²) in [7, 11) is -6.58. The molecule has 0 spiro atoms. The van der Waals surface area contributed by atoms with Gasteiger partial charge >= 0.3 is 5.97 Å². The monoisotopic (exact) mass is 520 g/mol. The average molecular weight is 521 g/mol. The van der Waals surface area contributed by atoms with E-state index in [1.807, 2.05) is 0 Å². The summed E-state index contributed by atoms with van der Waals surface area (Å²) < 4.78 is 25.3. The van der Waals surface area contributed by atoms with E-state index in [-0.39, 0.29) is 21.7 Å². The number of cyclic esters (lactones) is 1. The van der Waals surface area contributed by atoms with Crippen molar-refractivity contribution in [2.75, 3.05) is 6.61 Å². The lowest BCUT2D eigenvalue weighted by molar-refractivity contribution is -0.150. The summed E-state index contributed by atoms with van der Waals surface area (Å²) in [5, 5.41) is 11.2. The van der Waals surface area contributed by atoms with Gasteiger partial charge in [0.2, 0.25) is 0 Å². The summed E-state index contributed by atoms with van der Waals surface area (Å²) >= 11 is 0. The van der Waals surface area contributed by atoms with Crippen LogP contribution in [-0.2, 0) is 22.8 Å². The molecule has 33 heavy (non-hydrogen) atoms. The van der Waals surface area contributed by atoms with Crippen LogP contribution in [0.15, 0.2) is 0 Å². The number of hydrogen-bond acceptors (Lipinski definition) is 6. The van der Waals surface area contributed by atoms with Crippen molar-refractivity contribution in [3.05, 3.63) is 0 Å². The van der Waals surface area contributed by atoms with E-state index < -0.39 is 55.3 Å². The number of esters is 1. The Balaban J connectivity index is 3.23. The lowest BCUT2D eigenvalue weighted by Crippen LogP contribution is -2.54. The van der Waals surface area contributed by atoms with Crippen LogP contribution in [0.5, 0.6) is 0 Å². The molecule has 0 radical (unpaired) electrons. The van der Waals surface area contributed by atoms with Gasteiger partial charge in [-0.25, -0.2) is 4.79 Å². The van der Waals surface area contributed by atoms with Gasteiger partial charge in [0.1, 0.15) is 12.2 Å². The third-order valence-electron chi connectivity index (χ3n) is 8.39. The molecule has 0 unspecified atom stereocenters. The molecule has 1 aliphatic heterocycles. The Kier molecular flexibility index (Phi) is 9.19. The molecule has 0 aromatic heterocycles. The van der Waals surface area contributed by atoms with Gasteiger partial charge in [0, 0.05) is 0 Å². The van der Waals surface area contributed by atoms with Crippen LogP contribution >= 0.6 is 0 Å². The van der Waals surface area contributed by atoms with Crippen molar-refractivity contribution in [2.24, 2.45) is 0 Å². The van der Waals surface area contributed by atoms with E-state index in [2.05, 4.69) is 102 Å². The second-order valence-corrected chi connectivity index (χ2v) is 28.5. The van der Waals surface area contributed by atoms with Crippen molar-refractivity contribution in [3.8, 4) is 0 Å². The zero-order valence-electron chi connectivity index (χ0n) is 24.0. The van der Waals surface area contributed by atoms with E-state index in [0.717, 1.165) is 0 Å². The summed E-state index contributed by atoms with van der Waals surface area (Å²) in [5.74, 6) is -0.506. The Morgan fingerprint density at radius 2 is 1.24 bits per heavy atom. The number of aliphatic hydroxyl groups excluding tert-OH is 1. The van der Waals surface area contributed by atoms with E-state index >= 15 is 0 Å². The lowest BCUT2D eigenvalue weighted by Gasteiger charge is -2.43. The molecule has 0 saturated carbocycles. The molecule has 1 fully saturated rings. The number of hydrogen-bond donors (Lipinski definition) is 1. The second kappa shape index (κ2) is 9.78. The molecule has 0 aromatic rings. The van der Waals surface area contributed by atoms with Gasteiger partial charge in [-0.2, -0.15) is 0 Å². The van der Waals surface area contributed by atoms with E-state index in [4.69, 9.17) is 18.0 Å². The lowest BCUT2D eigenvalue weighted by atomic mass is 10.1. The third-order valence-corrected chi connectivity index (χ3v) is 21.9. The van der Waals surface area contributed by atoms with Crippen LogP contribution in [0.25, 0.3) is 0 Å². The predicted octanol–water partition coefficient (Wildman–Crippen LogP) is 6.08. The van der Waals surface area contributed by atoms with Gasteiger partial charge in [-0.3, -0.25) is 0 Å². The zero-order chi connectivity index (χ0) is 26.4. The van der Waals surface area contributed by atoms with Crippen molar-refractivity contribution in [3.63, 3.8) is 0 Å². The summed E-state index contributed by atoms with van der Waals surface area (Å²) in [4.78, 5) is 12.9. The van der Waals surface area contributed by atoms with Crippen LogP contribution in [0, 0.1) is 0 Å². The van der Waals surface area contributed by atoms with Crippen LogP contribution < -0.4 is 0 Å². The average Bonchev–Trinajstić information content (AvgIpc) is 2.83. The van der Waals surface area contributed by atoms with E-state index in [1.54, 1.807) is 0 Å². The smallest absolute Gasteiger partial charge is 0.337 e. The summed E-state index contributed by atoms with van der Waals surface area (Å²) in [6.45, 7) is 32.6. The Morgan fingerprint density at radius 3 is 1.64 bits per heavy atom. The minimum Gasteiger partial charge on any atom is -0.455 e. The predicted molar refractivity (Wildman–Crippen MR) is 143 cm³/mol. The first kappa shape index (κ1) is 31.0. The fourth-order valence-corrected chi connectivity index (χ4v) is 6.30. The third kappa shape index (κ3) is 7.24. The standard InChI is InChI=1S/C24H52O6Si3/c1-22(2,3)31(10,11)27-16-17(29-32(12,13)23(4,5)6)19-18(25)20(21(26)28-19)30-33(14,15)24(7,8)9/h17-20,25H,16H2,1-15H3/t17-,18-,19+,20-/m0/s1. The number of carbonyl (C=O) groups is 1. The van der Waals surface area contributed by atoms with Gasteiger partial charge in [0.25, 0.3) is 0 Å². The van der Waals surface area contributed by atoms with Gasteiger partial charge in [-0.1, -0.05) is 62.3 Å². The van der Waals surface area contributed by atoms with Crippen LogP contribution in [0.2, 0.25) is 54.4 Å². The summed E-state index contributed by atoms with van der Waals surface area (Å²) in [6, 6.07) is 0. The van der Waals surface area contributed by atoms with Crippen LogP contribution in [0.4, 0.5) is 0 Å². The Labute approximate surface area is 206 Å². The molecule has 1 aliphatic rings. The summed E-state index contributed by atoms with van der Waals surface area (Å²) in [5.41, 5.74) is 0. The van der Waals surface area contributed by atoms with Gasteiger partial charge in [-0.15, -0.1) is 0 Å². The zero-order valence-corrected chi connectivity index (χ0v) is 27.0. The molecule has 1 saturated heterocycles. The first-order valence-electron chi connectivity index (χ1n) is 12.2. The Hall–Kier alpha value is -0.0394. The van der Waals surface area contributed by atoms with Crippen LogP contribution in [0.3, 0.4) is 0 Å². The molecular weight excluding hydrogens is 469 g/mol. The molecule has 4 atom stereocenters. The van der Waals surface area contributed by atoms with Crippen molar-refractivity contribution in [1.82, 2.24) is 0 Å². The molecular formula is C24H52O6Si3. The fourth-order valence-electron chi connectivity index (χ4n) is 2.75. The minimum absolute atomic E-state index is 0.0349. The normalized spacial score (nSPS) is 24.7.